The number of hydrogen-bond donors (Lipinski definition) is 1. The zero-order valence-electron chi connectivity index (χ0n) is 12.8. The van der Waals surface area contributed by atoms with Crippen LogP contribution in [0.15, 0.2) is 23.1 Å². The number of methoxy groups -OCH3 is 1. The summed E-state index contributed by atoms with van der Waals surface area (Å²) in [6.07, 6.45) is 2.19. The molecule has 3 atom stereocenters. The molecule has 0 bridgehead atoms. The second kappa shape index (κ2) is 6.94. The van der Waals surface area contributed by atoms with Gasteiger partial charge in [-0.25, -0.2) is 13.1 Å². The van der Waals surface area contributed by atoms with Crippen LogP contribution in [0, 0.1) is 0 Å². The Bertz CT molecular complexity index is 666. The van der Waals surface area contributed by atoms with Crippen LogP contribution in [0.3, 0.4) is 0 Å². The molecule has 1 heterocycles. The van der Waals surface area contributed by atoms with Crippen molar-refractivity contribution in [1.82, 2.24) is 4.72 Å². The Labute approximate surface area is 141 Å². The van der Waals surface area contributed by atoms with Crippen molar-refractivity contribution in [2.24, 2.45) is 0 Å². The zero-order chi connectivity index (χ0) is 16.4. The van der Waals surface area contributed by atoms with Gasteiger partial charge in [0, 0.05) is 6.04 Å². The summed E-state index contributed by atoms with van der Waals surface area (Å²) in [4.78, 5) is 0.131. The van der Waals surface area contributed by atoms with E-state index in [0.717, 1.165) is 12.8 Å². The molecular weight excluding hydrogens is 342 g/mol. The van der Waals surface area contributed by atoms with Gasteiger partial charge in [-0.2, -0.15) is 0 Å². The average Bonchev–Trinajstić information content (AvgIpc) is 2.54. The van der Waals surface area contributed by atoms with E-state index in [1.807, 2.05) is 0 Å². The molecule has 0 radical (unpaired) electrons. The molecule has 0 amide bonds. The number of fused-ring (bicyclic) bond motifs is 1. The number of nitrogens with one attached hydrogen (secondary N) is 1. The second-order valence-corrected chi connectivity index (χ2v) is 7.87. The van der Waals surface area contributed by atoms with E-state index in [1.54, 1.807) is 6.07 Å². The summed E-state index contributed by atoms with van der Waals surface area (Å²) >= 11 is 6.02. The van der Waals surface area contributed by atoms with Crippen LogP contribution in [0.2, 0.25) is 5.02 Å². The van der Waals surface area contributed by atoms with Crippen molar-refractivity contribution in [2.75, 3.05) is 20.3 Å². The van der Waals surface area contributed by atoms with Gasteiger partial charge in [0.15, 0.2) is 0 Å². The predicted molar refractivity (Wildman–Crippen MR) is 85.4 cm³/mol. The van der Waals surface area contributed by atoms with Gasteiger partial charge in [0.1, 0.15) is 5.75 Å². The molecule has 1 aliphatic carbocycles. The Morgan fingerprint density at radius 1 is 1.22 bits per heavy atom. The fourth-order valence-electron chi connectivity index (χ4n) is 3.08. The first-order valence-corrected chi connectivity index (χ1v) is 9.45. The summed E-state index contributed by atoms with van der Waals surface area (Å²) in [7, 11) is -2.15. The normalized spacial score (nSPS) is 28.2. The van der Waals surface area contributed by atoms with Crippen LogP contribution in [-0.2, 0) is 19.5 Å². The van der Waals surface area contributed by atoms with Crippen LogP contribution in [-0.4, -0.2) is 47.0 Å². The highest BCUT2D eigenvalue weighted by molar-refractivity contribution is 7.89. The van der Waals surface area contributed by atoms with Crippen molar-refractivity contribution >= 4 is 21.6 Å². The molecule has 128 valence electrons. The molecule has 3 unspecified atom stereocenters. The van der Waals surface area contributed by atoms with Crippen LogP contribution in [0.4, 0.5) is 0 Å². The third-order valence-electron chi connectivity index (χ3n) is 4.23. The van der Waals surface area contributed by atoms with Crippen molar-refractivity contribution in [3.05, 3.63) is 23.2 Å². The maximum atomic E-state index is 12.5. The summed E-state index contributed by atoms with van der Waals surface area (Å²) in [6.45, 7) is 1.18. The summed E-state index contributed by atoms with van der Waals surface area (Å²) < 4.78 is 44.2. The second-order valence-electron chi connectivity index (χ2n) is 5.75. The van der Waals surface area contributed by atoms with E-state index in [2.05, 4.69) is 4.72 Å². The molecule has 8 heteroatoms. The third-order valence-corrected chi connectivity index (χ3v) is 6.05. The van der Waals surface area contributed by atoms with Crippen LogP contribution >= 0.6 is 11.6 Å². The summed E-state index contributed by atoms with van der Waals surface area (Å²) in [6, 6.07) is 4.27. The molecule has 1 N–H and O–H groups in total. The van der Waals surface area contributed by atoms with Gasteiger partial charge in [-0.05, 0) is 37.5 Å². The standard InChI is InChI=1S/C15H20ClNO5S/c1-20-13-5-3-11(9-12(13)16)23(18,19)17-10-2-4-14-15(8-10)22-7-6-21-14/h3,5,9-10,14-15,17H,2,4,6-8H2,1H3. The van der Waals surface area contributed by atoms with Gasteiger partial charge in [0.25, 0.3) is 0 Å². The molecule has 23 heavy (non-hydrogen) atoms. The minimum Gasteiger partial charge on any atom is -0.495 e. The van der Waals surface area contributed by atoms with E-state index in [1.165, 1.54) is 19.2 Å². The van der Waals surface area contributed by atoms with Crippen molar-refractivity contribution in [3.8, 4) is 5.75 Å². The van der Waals surface area contributed by atoms with Crippen molar-refractivity contribution in [1.29, 1.82) is 0 Å². The zero-order valence-corrected chi connectivity index (χ0v) is 14.4. The van der Waals surface area contributed by atoms with Gasteiger partial charge < -0.3 is 14.2 Å². The number of halogens is 1. The molecule has 1 aromatic rings. The first-order valence-electron chi connectivity index (χ1n) is 7.58. The number of sulfonamides is 1. The number of hydrogen-bond acceptors (Lipinski definition) is 5. The van der Waals surface area contributed by atoms with E-state index in [9.17, 15) is 8.42 Å². The lowest BCUT2D eigenvalue weighted by atomic mass is 9.90. The molecule has 6 nitrogen and oxygen atoms in total. The molecule has 1 saturated carbocycles. The van der Waals surface area contributed by atoms with E-state index < -0.39 is 10.0 Å². The molecule has 2 aliphatic rings. The van der Waals surface area contributed by atoms with E-state index >= 15 is 0 Å². The Balaban J connectivity index is 1.70. The summed E-state index contributed by atoms with van der Waals surface area (Å²) in [5.74, 6) is 0.443. The predicted octanol–water partition coefficient (Wildman–Crippen LogP) is 1.96. The van der Waals surface area contributed by atoms with Crippen molar-refractivity contribution in [3.63, 3.8) is 0 Å². The summed E-state index contributed by atoms with van der Waals surface area (Å²) in [5, 5.41) is 0.267. The highest BCUT2D eigenvalue weighted by Crippen LogP contribution is 2.29. The molecular formula is C15H20ClNO5S. The fraction of sp³-hybridized carbons (Fsp3) is 0.600. The van der Waals surface area contributed by atoms with E-state index in [0.29, 0.717) is 25.4 Å². The highest BCUT2D eigenvalue weighted by atomic mass is 35.5. The van der Waals surface area contributed by atoms with Gasteiger partial charge in [-0.15, -0.1) is 0 Å². The van der Waals surface area contributed by atoms with Gasteiger partial charge in [-0.1, -0.05) is 11.6 Å². The smallest absolute Gasteiger partial charge is 0.240 e. The topological polar surface area (TPSA) is 73.9 Å². The van der Waals surface area contributed by atoms with Gasteiger partial charge in [0.05, 0.1) is 42.4 Å². The largest absolute Gasteiger partial charge is 0.495 e. The average molecular weight is 362 g/mol. The lowest BCUT2D eigenvalue weighted by molar-refractivity contribution is -0.156. The highest BCUT2D eigenvalue weighted by Gasteiger charge is 2.35. The molecule has 1 saturated heterocycles. The first-order chi connectivity index (χ1) is 11.0. The van der Waals surface area contributed by atoms with E-state index in [4.69, 9.17) is 25.8 Å². The lowest BCUT2D eigenvalue weighted by Gasteiger charge is -2.38. The fourth-order valence-corrected chi connectivity index (χ4v) is 4.71. The molecule has 3 rings (SSSR count). The van der Waals surface area contributed by atoms with E-state index in [-0.39, 0.29) is 28.2 Å². The maximum absolute atomic E-state index is 12.5. The molecule has 0 aromatic heterocycles. The number of benzene rings is 1. The Morgan fingerprint density at radius 2 is 1.96 bits per heavy atom. The van der Waals surface area contributed by atoms with Gasteiger partial charge in [-0.3, -0.25) is 0 Å². The van der Waals surface area contributed by atoms with Crippen molar-refractivity contribution in [2.45, 2.75) is 42.4 Å². The Kier molecular flexibility index (Phi) is 5.13. The first kappa shape index (κ1) is 17.0. The molecule has 1 aliphatic heterocycles. The van der Waals surface area contributed by atoms with Crippen LogP contribution in [0.25, 0.3) is 0 Å². The number of rotatable bonds is 4. The third kappa shape index (κ3) is 3.80. The van der Waals surface area contributed by atoms with Crippen molar-refractivity contribution < 1.29 is 22.6 Å². The maximum Gasteiger partial charge on any atom is 0.240 e. The SMILES string of the molecule is COc1ccc(S(=O)(=O)NC2CCC3OCCOC3C2)cc1Cl. The quantitative estimate of drug-likeness (QED) is 0.887. The monoisotopic (exact) mass is 361 g/mol. The van der Waals surface area contributed by atoms with Gasteiger partial charge >= 0.3 is 0 Å². The van der Waals surface area contributed by atoms with Gasteiger partial charge in [0.2, 0.25) is 10.0 Å². The minimum atomic E-state index is -3.63. The van der Waals surface area contributed by atoms with Crippen LogP contribution in [0.5, 0.6) is 5.75 Å². The molecule has 1 aromatic carbocycles. The summed E-state index contributed by atoms with van der Waals surface area (Å²) in [5.41, 5.74) is 0. The lowest BCUT2D eigenvalue weighted by Crippen LogP contribution is -2.49. The van der Waals surface area contributed by atoms with Crippen LogP contribution in [0.1, 0.15) is 19.3 Å². The molecule has 0 spiro atoms. The minimum absolute atomic E-state index is 0.0374. The number of ether oxygens (including phenoxy) is 3. The molecule has 2 fully saturated rings. The Morgan fingerprint density at radius 3 is 2.65 bits per heavy atom. The van der Waals surface area contributed by atoms with Crippen LogP contribution < -0.4 is 9.46 Å². The Hall–Kier alpha value is -0.860.